The fourth-order valence-corrected chi connectivity index (χ4v) is 3.91. The Morgan fingerprint density at radius 2 is 1.86 bits per heavy atom. The predicted molar refractivity (Wildman–Crippen MR) is 87.7 cm³/mol. The summed E-state index contributed by atoms with van der Waals surface area (Å²) in [6.07, 6.45) is 6.32. The van der Waals surface area contributed by atoms with Gasteiger partial charge >= 0.3 is 0 Å². The number of rotatable bonds is 4. The lowest BCUT2D eigenvalue weighted by atomic mass is 9.62. The van der Waals surface area contributed by atoms with Crippen LogP contribution in [0.1, 0.15) is 58.4 Å². The SMILES string of the molecule is COc1ccc(CCC2(O)CCCCC2C(C)(C)C)cc1. The standard InChI is InChI=1S/C19H30O2/c1-18(2,3)17-7-5-6-13-19(17,20)14-12-15-8-10-16(21-4)11-9-15/h8-11,17,20H,5-7,12-14H2,1-4H3. The van der Waals surface area contributed by atoms with Crippen LogP contribution in [0.15, 0.2) is 24.3 Å². The minimum Gasteiger partial charge on any atom is -0.497 e. The molecule has 1 N–H and O–H groups in total. The van der Waals surface area contributed by atoms with Crippen molar-refractivity contribution in [1.82, 2.24) is 0 Å². The van der Waals surface area contributed by atoms with E-state index in [9.17, 15) is 5.11 Å². The minimum absolute atomic E-state index is 0.176. The Balaban J connectivity index is 2.04. The maximum atomic E-state index is 11.2. The first-order valence-electron chi connectivity index (χ1n) is 8.20. The average molecular weight is 290 g/mol. The topological polar surface area (TPSA) is 29.5 Å². The molecule has 2 atom stereocenters. The first-order chi connectivity index (χ1) is 9.85. The molecule has 0 aromatic heterocycles. The van der Waals surface area contributed by atoms with Gasteiger partial charge in [0.05, 0.1) is 12.7 Å². The first kappa shape index (κ1) is 16.4. The van der Waals surface area contributed by atoms with E-state index in [-0.39, 0.29) is 5.41 Å². The molecule has 2 heteroatoms. The molecule has 0 heterocycles. The molecule has 0 bridgehead atoms. The van der Waals surface area contributed by atoms with Crippen LogP contribution in [0, 0.1) is 11.3 Å². The van der Waals surface area contributed by atoms with E-state index in [1.165, 1.54) is 12.0 Å². The van der Waals surface area contributed by atoms with Gasteiger partial charge in [0.15, 0.2) is 0 Å². The van der Waals surface area contributed by atoms with Crippen LogP contribution in [0.25, 0.3) is 0 Å². The third kappa shape index (κ3) is 4.00. The Morgan fingerprint density at radius 3 is 2.43 bits per heavy atom. The maximum Gasteiger partial charge on any atom is 0.118 e. The van der Waals surface area contributed by atoms with Crippen molar-refractivity contribution in [2.45, 2.75) is 64.9 Å². The zero-order valence-corrected chi connectivity index (χ0v) is 14.0. The second-order valence-corrected chi connectivity index (χ2v) is 7.62. The number of methoxy groups -OCH3 is 1. The van der Waals surface area contributed by atoms with Crippen LogP contribution >= 0.6 is 0 Å². The molecule has 2 rings (SSSR count). The molecular weight excluding hydrogens is 260 g/mol. The van der Waals surface area contributed by atoms with Gasteiger partial charge in [-0.3, -0.25) is 0 Å². The number of aliphatic hydroxyl groups is 1. The highest BCUT2D eigenvalue weighted by Crippen LogP contribution is 2.46. The molecule has 0 aliphatic heterocycles. The summed E-state index contributed by atoms with van der Waals surface area (Å²) in [5.74, 6) is 1.29. The Bertz CT molecular complexity index is 444. The Hall–Kier alpha value is -1.02. The Kier molecular flexibility index (Phi) is 4.98. The molecule has 1 aromatic carbocycles. The molecule has 1 saturated carbocycles. The van der Waals surface area contributed by atoms with E-state index >= 15 is 0 Å². The largest absolute Gasteiger partial charge is 0.497 e. The first-order valence-corrected chi connectivity index (χ1v) is 8.20. The molecule has 0 radical (unpaired) electrons. The molecule has 2 unspecified atom stereocenters. The average Bonchev–Trinajstić information content (AvgIpc) is 2.45. The van der Waals surface area contributed by atoms with E-state index in [1.807, 2.05) is 12.1 Å². The monoisotopic (exact) mass is 290 g/mol. The molecule has 0 spiro atoms. The number of hydrogen-bond donors (Lipinski definition) is 1. The summed E-state index contributed by atoms with van der Waals surface area (Å²) in [5.41, 5.74) is 0.952. The van der Waals surface area contributed by atoms with Crippen molar-refractivity contribution < 1.29 is 9.84 Å². The summed E-state index contributed by atoms with van der Waals surface area (Å²) >= 11 is 0. The van der Waals surface area contributed by atoms with Gasteiger partial charge in [0.1, 0.15) is 5.75 Å². The Labute approximate surface area is 129 Å². The summed E-state index contributed by atoms with van der Waals surface area (Å²) in [4.78, 5) is 0. The molecule has 1 aliphatic carbocycles. The lowest BCUT2D eigenvalue weighted by molar-refractivity contribution is -0.0945. The van der Waals surface area contributed by atoms with E-state index in [0.717, 1.165) is 37.9 Å². The number of hydrogen-bond acceptors (Lipinski definition) is 2. The summed E-state index contributed by atoms with van der Waals surface area (Å²) in [6.45, 7) is 6.80. The smallest absolute Gasteiger partial charge is 0.118 e. The third-order valence-electron chi connectivity index (χ3n) is 5.05. The highest BCUT2D eigenvalue weighted by atomic mass is 16.5. The van der Waals surface area contributed by atoms with Gasteiger partial charge in [-0.25, -0.2) is 0 Å². The molecule has 1 aliphatic rings. The van der Waals surface area contributed by atoms with Gasteiger partial charge in [-0.1, -0.05) is 45.7 Å². The van der Waals surface area contributed by atoms with Crippen LogP contribution in [0.3, 0.4) is 0 Å². The lowest BCUT2D eigenvalue weighted by Crippen LogP contribution is -2.47. The van der Waals surface area contributed by atoms with E-state index in [4.69, 9.17) is 4.74 Å². The minimum atomic E-state index is -0.504. The van der Waals surface area contributed by atoms with Crippen molar-refractivity contribution in [2.24, 2.45) is 11.3 Å². The van der Waals surface area contributed by atoms with E-state index < -0.39 is 5.60 Å². The fraction of sp³-hybridized carbons (Fsp3) is 0.684. The van der Waals surface area contributed by atoms with Crippen molar-refractivity contribution in [3.63, 3.8) is 0 Å². The van der Waals surface area contributed by atoms with Crippen LogP contribution in [-0.2, 0) is 6.42 Å². The summed E-state index contributed by atoms with van der Waals surface area (Å²) in [5, 5.41) is 11.2. The van der Waals surface area contributed by atoms with Crippen molar-refractivity contribution in [2.75, 3.05) is 7.11 Å². The highest BCUT2D eigenvalue weighted by molar-refractivity contribution is 5.27. The van der Waals surface area contributed by atoms with Crippen molar-refractivity contribution >= 4 is 0 Å². The normalized spacial score (nSPS) is 26.6. The fourth-order valence-electron chi connectivity index (χ4n) is 3.91. The lowest BCUT2D eigenvalue weighted by Gasteiger charge is -2.47. The van der Waals surface area contributed by atoms with Crippen LogP contribution in [-0.4, -0.2) is 17.8 Å². The Morgan fingerprint density at radius 1 is 1.19 bits per heavy atom. The van der Waals surface area contributed by atoms with Crippen LogP contribution < -0.4 is 4.74 Å². The van der Waals surface area contributed by atoms with Gasteiger partial charge in [0.2, 0.25) is 0 Å². The summed E-state index contributed by atoms with van der Waals surface area (Å²) in [6, 6.07) is 8.22. The van der Waals surface area contributed by atoms with E-state index in [1.54, 1.807) is 7.11 Å². The molecule has 118 valence electrons. The second-order valence-electron chi connectivity index (χ2n) is 7.62. The van der Waals surface area contributed by atoms with Gasteiger partial charge < -0.3 is 9.84 Å². The van der Waals surface area contributed by atoms with Crippen LogP contribution in [0.5, 0.6) is 5.75 Å². The van der Waals surface area contributed by atoms with Gasteiger partial charge in [0, 0.05) is 0 Å². The number of aryl methyl sites for hydroxylation is 1. The van der Waals surface area contributed by atoms with Crippen LogP contribution in [0.4, 0.5) is 0 Å². The molecule has 1 aromatic rings. The van der Waals surface area contributed by atoms with E-state index in [2.05, 4.69) is 32.9 Å². The zero-order chi connectivity index (χ0) is 15.5. The molecule has 2 nitrogen and oxygen atoms in total. The maximum absolute atomic E-state index is 11.2. The molecule has 21 heavy (non-hydrogen) atoms. The van der Waals surface area contributed by atoms with Crippen molar-refractivity contribution in [3.05, 3.63) is 29.8 Å². The van der Waals surface area contributed by atoms with Gasteiger partial charge in [-0.05, 0) is 54.7 Å². The molecule has 0 amide bonds. The quantitative estimate of drug-likeness (QED) is 0.878. The highest BCUT2D eigenvalue weighted by Gasteiger charge is 2.44. The summed E-state index contributed by atoms with van der Waals surface area (Å²) < 4.78 is 5.20. The molecule has 1 fully saturated rings. The predicted octanol–water partition coefficient (Wildman–Crippen LogP) is 4.60. The van der Waals surface area contributed by atoms with Gasteiger partial charge in [-0.2, -0.15) is 0 Å². The second kappa shape index (κ2) is 6.39. The van der Waals surface area contributed by atoms with Gasteiger partial charge in [-0.15, -0.1) is 0 Å². The number of ether oxygens (including phenoxy) is 1. The zero-order valence-electron chi connectivity index (χ0n) is 14.0. The summed E-state index contributed by atoms with van der Waals surface area (Å²) in [7, 11) is 1.69. The third-order valence-corrected chi connectivity index (χ3v) is 5.05. The van der Waals surface area contributed by atoms with Gasteiger partial charge in [0.25, 0.3) is 0 Å². The number of benzene rings is 1. The van der Waals surface area contributed by atoms with E-state index in [0.29, 0.717) is 5.92 Å². The van der Waals surface area contributed by atoms with Crippen molar-refractivity contribution in [1.29, 1.82) is 0 Å². The molecule has 0 saturated heterocycles. The van der Waals surface area contributed by atoms with Crippen LogP contribution in [0.2, 0.25) is 0 Å². The molecular formula is C19H30O2. The van der Waals surface area contributed by atoms with Crippen molar-refractivity contribution in [3.8, 4) is 5.75 Å².